The number of carbonyl (C=O) groups excluding carboxylic acids is 1. The molecule has 2 heterocycles. The normalized spacial score (nSPS) is 16.8. The van der Waals surface area contributed by atoms with Gasteiger partial charge in [0.25, 0.3) is 5.91 Å². The maximum atomic E-state index is 12.4. The van der Waals surface area contributed by atoms with Crippen LogP contribution in [0.25, 0.3) is 0 Å². The molecule has 1 amide bonds. The molecule has 1 fully saturated rings. The Morgan fingerprint density at radius 1 is 1.14 bits per heavy atom. The zero-order valence-electron chi connectivity index (χ0n) is 16.2. The molecule has 4 rings (SSSR count). The number of benzene rings is 2. The Morgan fingerprint density at radius 2 is 1.97 bits per heavy atom. The van der Waals surface area contributed by atoms with Crippen LogP contribution in [0, 0.1) is 0 Å². The average molecular weight is 410 g/mol. The van der Waals surface area contributed by atoms with Crippen molar-refractivity contribution in [3.8, 4) is 0 Å². The molecule has 6 nitrogen and oxygen atoms in total. The molecule has 0 aliphatic carbocycles. The van der Waals surface area contributed by atoms with Crippen LogP contribution >= 0.6 is 11.6 Å². The molecule has 0 spiro atoms. The van der Waals surface area contributed by atoms with E-state index in [4.69, 9.17) is 11.6 Å². The molecule has 1 aromatic heterocycles. The molecule has 1 N–H and O–H groups in total. The quantitative estimate of drug-likeness (QED) is 0.648. The highest BCUT2D eigenvalue weighted by Crippen LogP contribution is 2.22. The molecule has 2 aromatic carbocycles. The maximum Gasteiger partial charge on any atom is 0.273 e. The summed E-state index contributed by atoms with van der Waals surface area (Å²) in [4.78, 5) is 14.8. The third kappa shape index (κ3) is 5.22. The first-order valence-corrected chi connectivity index (χ1v) is 10.3. The van der Waals surface area contributed by atoms with Gasteiger partial charge in [0.2, 0.25) is 0 Å². The highest BCUT2D eigenvalue weighted by molar-refractivity contribution is 6.30. The molecule has 1 atom stereocenters. The molecule has 1 aliphatic heterocycles. The standard InChI is InChI=1S/C22H24ClN5O/c23-19-9-4-8-18(12-19)14-27-11-5-10-20(27)15-28-16-21(25-26-28)22(29)24-13-17-6-2-1-3-7-17/h1-4,6-9,12,16,20H,5,10-11,13-15H2,(H,24,29)/t20-/m0/s1. The molecule has 0 bridgehead atoms. The minimum absolute atomic E-state index is 0.206. The third-order valence-electron chi connectivity index (χ3n) is 5.24. The number of aromatic nitrogens is 3. The fraction of sp³-hybridized carbons (Fsp3) is 0.318. The summed E-state index contributed by atoms with van der Waals surface area (Å²) in [7, 11) is 0. The van der Waals surface area contributed by atoms with Gasteiger partial charge in [-0.2, -0.15) is 0 Å². The summed E-state index contributed by atoms with van der Waals surface area (Å²) in [6.07, 6.45) is 4.00. The van der Waals surface area contributed by atoms with Crippen molar-refractivity contribution in [2.45, 2.75) is 38.5 Å². The molecule has 3 aromatic rings. The molecule has 0 radical (unpaired) electrons. The number of hydrogen-bond donors (Lipinski definition) is 1. The maximum absolute atomic E-state index is 12.4. The van der Waals surface area contributed by atoms with Crippen LogP contribution in [0.1, 0.15) is 34.5 Å². The minimum atomic E-state index is -0.206. The number of likely N-dealkylation sites (tertiary alicyclic amines) is 1. The molecular weight excluding hydrogens is 386 g/mol. The zero-order chi connectivity index (χ0) is 20.1. The molecule has 0 unspecified atom stereocenters. The first-order valence-electron chi connectivity index (χ1n) is 9.88. The van der Waals surface area contributed by atoms with E-state index >= 15 is 0 Å². The van der Waals surface area contributed by atoms with Crippen molar-refractivity contribution in [2.75, 3.05) is 6.54 Å². The Labute approximate surface area is 175 Å². The van der Waals surface area contributed by atoms with E-state index in [1.54, 1.807) is 10.9 Å². The van der Waals surface area contributed by atoms with Gasteiger partial charge in [0.1, 0.15) is 0 Å². The van der Waals surface area contributed by atoms with Gasteiger partial charge in [-0.15, -0.1) is 5.10 Å². The fourth-order valence-corrected chi connectivity index (χ4v) is 3.97. The van der Waals surface area contributed by atoms with Crippen LogP contribution in [0.2, 0.25) is 5.02 Å². The van der Waals surface area contributed by atoms with Crippen molar-refractivity contribution in [3.05, 3.63) is 82.6 Å². The highest BCUT2D eigenvalue weighted by atomic mass is 35.5. The molecule has 7 heteroatoms. The van der Waals surface area contributed by atoms with Crippen LogP contribution in [0.3, 0.4) is 0 Å². The number of nitrogens with one attached hydrogen (secondary N) is 1. The predicted molar refractivity (Wildman–Crippen MR) is 113 cm³/mol. The lowest BCUT2D eigenvalue weighted by Gasteiger charge is -2.24. The Morgan fingerprint density at radius 3 is 2.79 bits per heavy atom. The second-order valence-electron chi connectivity index (χ2n) is 7.39. The second-order valence-corrected chi connectivity index (χ2v) is 7.83. The van der Waals surface area contributed by atoms with Crippen LogP contribution < -0.4 is 5.32 Å². The van der Waals surface area contributed by atoms with E-state index in [1.807, 2.05) is 48.5 Å². The first-order chi connectivity index (χ1) is 14.2. The van der Waals surface area contributed by atoms with Gasteiger partial charge >= 0.3 is 0 Å². The van der Waals surface area contributed by atoms with Gasteiger partial charge < -0.3 is 5.32 Å². The van der Waals surface area contributed by atoms with Crippen molar-refractivity contribution >= 4 is 17.5 Å². The molecule has 150 valence electrons. The molecule has 0 saturated carbocycles. The average Bonchev–Trinajstić information content (AvgIpc) is 3.37. The zero-order valence-corrected chi connectivity index (χ0v) is 16.9. The summed E-state index contributed by atoms with van der Waals surface area (Å²) in [6.45, 7) is 3.11. The van der Waals surface area contributed by atoms with E-state index in [0.29, 0.717) is 18.3 Å². The van der Waals surface area contributed by atoms with Crippen molar-refractivity contribution < 1.29 is 4.79 Å². The lowest BCUT2D eigenvalue weighted by Crippen LogP contribution is -2.32. The van der Waals surface area contributed by atoms with Gasteiger partial charge in [0.15, 0.2) is 5.69 Å². The number of nitrogens with zero attached hydrogens (tertiary/aromatic N) is 4. The Balaban J connectivity index is 1.33. The van der Waals surface area contributed by atoms with Crippen molar-refractivity contribution in [1.82, 2.24) is 25.2 Å². The summed E-state index contributed by atoms with van der Waals surface area (Å²) in [5.74, 6) is -0.206. The van der Waals surface area contributed by atoms with Crippen molar-refractivity contribution in [2.24, 2.45) is 0 Å². The van der Waals surface area contributed by atoms with E-state index in [-0.39, 0.29) is 5.91 Å². The topological polar surface area (TPSA) is 63.1 Å². The summed E-state index contributed by atoms with van der Waals surface area (Å²) >= 11 is 6.11. The lowest BCUT2D eigenvalue weighted by molar-refractivity contribution is 0.0946. The van der Waals surface area contributed by atoms with Crippen LogP contribution in [-0.2, 0) is 19.6 Å². The SMILES string of the molecule is O=C(NCc1ccccc1)c1cn(C[C@@H]2CCCN2Cc2cccc(Cl)c2)nn1. The number of rotatable bonds is 7. The van der Waals surface area contributed by atoms with Gasteiger partial charge in [-0.1, -0.05) is 59.3 Å². The molecular formula is C22H24ClN5O. The smallest absolute Gasteiger partial charge is 0.273 e. The monoisotopic (exact) mass is 409 g/mol. The Kier molecular flexibility index (Phi) is 6.22. The fourth-order valence-electron chi connectivity index (χ4n) is 3.76. The second kappa shape index (κ2) is 9.20. The van der Waals surface area contributed by atoms with Crippen LogP contribution in [-0.4, -0.2) is 38.4 Å². The summed E-state index contributed by atoms with van der Waals surface area (Å²) < 4.78 is 1.78. The van der Waals surface area contributed by atoms with E-state index in [2.05, 4.69) is 26.6 Å². The van der Waals surface area contributed by atoms with Crippen LogP contribution in [0.5, 0.6) is 0 Å². The number of hydrogen-bond acceptors (Lipinski definition) is 4. The lowest BCUT2D eigenvalue weighted by atomic mass is 10.2. The Bertz CT molecular complexity index is 959. The van der Waals surface area contributed by atoms with Gasteiger partial charge in [-0.05, 0) is 42.6 Å². The van der Waals surface area contributed by atoms with Crippen LogP contribution in [0.15, 0.2) is 60.8 Å². The van der Waals surface area contributed by atoms with Crippen LogP contribution in [0.4, 0.5) is 0 Å². The minimum Gasteiger partial charge on any atom is -0.347 e. The first kappa shape index (κ1) is 19.6. The van der Waals surface area contributed by atoms with E-state index in [1.165, 1.54) is 5.56 Å². The summed E-state index contributed by atoms with van der Waals surface area (Å²) in [5, 5.41) is 11.9. The largest absolute Gasteiger partial charge is 0.347 e. The highest BCUT2D eigenvalue weighted by Gasteiger charge is 2.25. The predicted octanol–water partition coefficient (Wildman–Crippen LogP) is 3.53. The third-order valence-corrected chi connectivity index (χ3v) is 5.47. The molecule has 29 heavy (non-hydrogen) atoms. The molecule has 1 aliphatic rings. The van der Waals surface area contributed by atoms with Gasteiger partial charge in [0, 0.05) is 24.2 Å². The van der Waals surface area contributed by atoms with Gasteiger partial charge in [-0.25, -0.2) is 0 Å². The van der Waals surface area contributed by atoms with E-state index in [0.717, 1.165) is 43.1 Å². The summed E-state index contributed by atoms with van der Waals surface area (Å²) in [6, 6.07) is 18.2. The van der Waals surface area contributed by atoms with Gasteiger partial charge in [0.05, 0.1) is 12.7 Å². The van der Waals surface area contributed by atoms with E-state index < -0.39 is 0 Å². The van der Waals surface area contributed by atoms with Gasteiger partial charge in [-0.3, -0.25) is 14.4 Å². The summed E-state index contributed by atoms with van der Waals surface area (Å²) in [5.41, 5.74) is 2.61. The van der Waals surface area contributed by atoms with Crippen molar-refractivity contribution in [1.29, 1.82) is 0 Å². The van der Waals surface area contributed by atoms with E-state index in [9.17, 15) is 4.79 Å². The van der Waals surface area contributed by atoms with Crippen molar-refractivity contribution in [3.63, 3.8) is 0 Å². The molecule has 1 saturated heterocycles. The number of amides is 1. The Hall–Kier alpha value is -2.70. The number of carbonyl (C=O) groups is 1. The number of halogens is 1.